The van der Waals surface area contributed by atoms with Crippen LogP contribution in [0.4, 0.5) is 0 Å². The SMILES string of the molecule is CO[C@H](C)C(=O)NCc1cc2cc(Cl)c(OCc3cscn3)cc2[nH]1. The van der Waals surface area contributed by atoms with E-state index in [0.717, 1.165) is 22.3 Å². The zero-order valence-corrected chi connectivity index (χ0v) is 15.4. The van der Waals surface area contributed by atoms with Gasteiger partial charge in [-0.1, -0.05) is 11.6 Å². The number of hydrogen-bond acceptors (Lipinski definition) is 5. The van der Waals surface area contributed by atoms with Crippen molar-refractivity contribution in [2.75, 3.05) is 7.11 Å². The van der Waals surface area contributed by atoms with E-state index in [1.807, 2.05) is 23.6 Å². The molecule has 1 aromatic carbocycles. The molecule has 0 saturated heterocycles. The van der Waals surface area contributed by atoms with Gasteiger partial charge in [0.15, 0.2) is 0 Å². The first-order chi connectivity index (χ1) is 12.1. The van der Waals surface area contributed by atoms with E-state index >= 15 is 0 Å². The molecule has 1 amide bonds. The monoisotopic (exact) mass is 379 g/mol. The normalized spacial score (nSPS) is 12.3. The lowest BCUT2D eigenvalue weighted by Crippen LogP contribution is -2.33. The van der Waals surface area contributed by atoms with Gasteiger partial charge < -0.3 is 19.8 Å². The molecule has 0 aliphatic heterocycles. The number of carbonyl (C=O) groups excluding carboxylic acids is 1. The van der Waals surface area contributed by atoms with E-state index in [0.29, 0.717) is 23.9 Å². The predicted octanol–water partition coefficient (Wildman–Crippen LogP) is 3.51. The summed E-state index contributed by atoms with van der Waals surface area (Å²) >= 11 is 7.82. The van der Waals surface area contributed by atoms with Gasteiger partial charge in [0.1, 0.15) is 18.5 Å². The van der Waals surface area contributed by atoms with Gasteiger partial charge in [-0.2, -0.15) is 0 Å². The number of nitrogens with one attached hydrogen (secondary N) is 2. The molecule has 0 spiro atoms. The van der Waals surface area contributed by atoms with Crippen molar-refractivity contribution in [1.29, 1.82) is 0 Å². The largest absolute Gasteiger partial charge is 0.486 e. The minimum atomic E-state index is -0.482. The Kier molecular flexibility index (Phi) is 5.57. The molecule has 0 aliphatic rings. The Bertz CT molecular complexity index is 864. The van der Waals surface area contributed by atoms with Crippen LogP contribution in [-0.4, -0.2) is 29.1 Å². The number of rotatable bonds is 7. The Morgan fingerprint density at radius 2 is 2.28 bits per heavy atom. The second kappa shape index (κ2) is 7.86. The minimum Gasteiger partial charge on any atom is -0.486 e. The number of nitrogens with zero attached hydrogens (tertiary/aromatic N) is 1. The first kappa shape index (κ1) is 17.7. The van der Waals surface area contributed by atoms with Crippen LogP contribution in [0.1, 0.15) is 18.3 Å². The summed E-state index contributed by atoms with van der Waals surface area (Å²) < 4.78 is 10.7. The molecule has 3 rings (SSSR count). The number of methoxy groups -OCH3 is 1. The van der Waals surface area contributed by atoms with Gasteiger partial charge in [-0.05, 0) is 19.1 Å². The summed E-state index contributed by atoms with van der Waals surface area (Å²) in [5, 5.41) is 6.24. The Morgan fingerprint density at radius 1 is 1.44 bits per heavy atom. The van der Waals surface area contributed by atoms with Gasteiger partial charge in [0.25, 0.3) is 0 Å². The maximum atomic E-state index is 11.8. The van der Waals surface area contributed by atoms with Crippen LogP contribution in [0, 0.1) is 0 Å². The highest BCUT2D eigenvalue weighted by Gasteiger charge is 2.12. The van der Waals surface area contributed by atoms with Gasteiger partial charge in [0.2, 0.25) is 5.91 Å². The molecule has 25 heavy (non-hydrogen) atoms. The molecule has 132 valence electrons. The highest BCUT2D eigenvalue weighted by Crippen LogP contribution is 2.31. The van der Waals surface area contributed by atoms with Crippen LogP contribution in [0.2, 0.25) is 5.02 Å². The van der Waals surface area contributed by atoms with Gasteiger partial charge in [0.05, 0.1) is 22.8 Å². The van der Waals surface area contributed by atoms with E-state index < -0.39 is 6.10 Å². The van der Waals surface area contributed by atoms with E-state index in [-0.39, 0.29) is 5.91 Å². The number of ether oxygens (including phenoxy) is 2. The Hall–Kier alpha value is -2.09. The fourth-order valence-electron chi connectivity index (χ4n) is 2.29. The number of amides is 1. The van der Waals surface area contributed by atoms with Crippen molar-refractivity contribution in [1.82, 2.24) is 15.3 Å². The summed E-state index contributed by atoms with van der Waals surface area (Å²) in [6.45, 7) is 2.45. The highest BCUT2D eigenvalue weighted by atomic mass is 35.5. The maximum absolute atomic E-state index is 11.8. The van der Waals surface area contributed by atoms with Crippen LogP contribution in [-0.2, 0) is 22.7 Å². The number of benzene rings is 1. The zero-order valence-electron chi connectivity index (χ0n) is 13.8. The fraction of sp³-hybridized carbons (Fsp3) is 0.294. The Labute approximate surface area is 154 Å². The van der Waals surface area contributed by atoms with Crippen LogP contribution in [0.5, 0.6) is 5.75 Å². The van der Waals surface area contributed by atoms with Gasteiger partial charge in [-0.25, -0.2) is 4.98 Å². The summed E-state index contributed by atoms with van der Waals surface area (Å²) in [6.07, 6.45) is -0.482. The van der Waals surface area contributed by atoms with Crippen molar-refractivity contribution in [2.45, 2.75) is 26.2 Å². The minimum absolute atomic E-state index is 0.161. The van der Waals surface area contributed by atoms with Gasteiger partial charge in [-0.15, -0.1) is 11.3 Å². The molecule has 0 unspecified atom stereocenters. The summed E-state index contributed by atoms with van der Waals surface area (Å²) in [4.78, 5) is 19.2. The average molecular weight is 380 g/mol. The maximum Gasteiger partial charge on any atom is 0.249 e. The van der Waals surface area contributed by atoms with Gasteiger partial charge >= 0.3 is 0 Å². The lowest BCUT2D eigenvalue weighted by molar-refractivity contribution is -0.130. The molecule has 6 nitrogen and oxygen atoms in total. The molecule has 2 N–H and O–H groups in total. The number of carbonyl (C=O) groups is 1. The van der Waals surface area contributed by atoms with Crippen LogP contribution in [0.15, 0.2) is 29.1 Å². The molecule has 0 bridgehead atoms. The van der Waals surface area contributed by atoms with Gasteiger partial charge in [-0.3, -0.25) is 4.79 Å². The second-order valence-corrected chi connectivity index (χ2v) is 6.65. The topological polar surface area (TPSA) is 76.2 Å². The summed E-state index contributed by atoms with van der Waals surface area (Å²) in [6, 6.07) is 5.64. The molecular weight excluding hydrogens is 362 g/mol. The zero-order chi connectivity index (χ0) is 17.8. The molecule has 0 radical (unpaired) electrons. The van der Waals surface area contributed by atoms with Crippen molar-refractivity contribution < 1.29 is 14.3 Å². The predicted molar refractivity (Wildman–Crippen MR) is 98.1 cm³/mol. The van der Waals surface area contributed by atoms with Crippen molar-refractivity contribution in [3.8, 4) is 5.75 Å². The molecule has 1 atom stereocenters. The smallest absolute Gasteiger partial charge is 0.249 e. The van der Waals surface area contributed by atoms with Crippen molar-refractivity contribution in [3.63, 3.8) is 0 Å². The van der Waals surface area contributed by atoms with Crippen LogP contribution < -0.4 is 10.1 Å². The molecule has 0 saturated carbocycles. The number of H-pyrrole nitrogens is 1. The highest BCUT2D eigenvalue weighted by molar-refractivity contribution is 7.07. The quantitative estimate of drug-likeness (QED) is 0.658. The van der Waals surface area contributed by atoms with E-state index in [4.69, 9.17) is 21.1 Å². The summed E-state index contributed by atoms with van der Waals surface area (Å²) in [7, 11) is 1.50. The average Bonchev–Trinajstić information content (AvgIpc) is 3.25. The molecule has 2 aromatic heterocycles. The lowest BCUT2D eigenvalue weighted by atomic mass is 10.2. The fourth-order valence-corrected chi connectivity index (χ4v) is 3.06. The van der Waals surface area contributed by atoms with E-state index in [2.05, 4.69) is 15.3 Å². The molecule has 0 aliphatic carbocycles. The molecule has 0 fully saturated rings. The Morgan fingerprint density at radius 3 is 3.00 bits per heavy atom. The number of fused-ring (bicyclic) bond motifs is 1. The second-order valence-electron chi connectivity index (χ2n) is 5.53. The summed E-state index contributed by atoms with van der Waals surface area (Å²) in [5.74, 6) is 0.430. The van der Waals surface area contributed by atoms with Crippen LogP contribution in [0.3, 0.4) is 0 Å². The van der Waals surface area contributed by atoms with E-state index in [1.165, 1.54) is 18.4 Å². The van der Waals surface area contributed by atoms with Crippen molar-refractivity contribution in [3.05, 3.63) is 45.5 Å². The molecule has 8 heteroatoms. The number of aromatic amines is 1. The third-order valence-corrected chi connectivity index (χ3v) is 4.69. The standard InChI is InChI=1S/C17H18ClN3O3S/c1-10(23-2)17(22)19-6-12-3-11-4-14(18)16(5-15(11)21-12)24-7-13-8-25-9-20-13/h3-5,8-10,21H,6-7H2,1-2H3,(H,19,22)/t10-/m1/s1. The molecule has 2 heterocycles. The van der Waals surface area contributed by atoms with E-state index in [9.17, 15) is 4.79 Å². The Balaban J connectivity index is 1.70. The number of hydrogen-bond donors (Lipinski definition) is 2. The van der Waals surface area contributed by atoms with Crippen LogP contribution >= 0.6 is 22.9 Å². The van der Waals surface area contributed by atoms with E-state index in [1.54, 1.807) is 12.4 Å². The summed E-state index contributed by atoms with van der Waals surface area (Å²) in [5.41, 5.74) is 4.39. The lowest BCUT2D eigenvalue weighted by Gasteiger charge is -2.09. The molecule has 3 aromatic rings. The third-order valence-electron chi connectivity index (χ3n) is 3.76. The first-order valence-electron chi connectivity index (χ1n) is 7.68. The van der Waals surface area contributed by atoms with Crippen molar-refractivity contribution in [2.24, 2.45) is 0 Å². The van der Waals surface area contributed by atoms with Gasteiger partial charge in [0, 0.05) is 35.2 Å². The number of aromatic nitrogens is 2. The molecular formula is C17H18ClN3O3S. The third kappa shape index (κ3) is 4.31. The first-order valence-corrected chi connectivity index (χ1v) is 9.00. The van der Waals surface area contributed by atoms with Crippen molar-refractivity contribution >= 4 is 39.7 Å². The number of thiazole rings is 1. The number of halogens is 1. The van der Waals surface area contributed by atoms with Crippen LogP contribution in [0.25, 0.3) is 10.9 Å².